The summed E-state index contributed by atoms with van der Waals surface area (Å²) < 4.78 is 0. The quantitative estimate of drug-likeness (QED) is 0.601. The molecule has 0 radical (unpaired) electrons. The molecule has 1 aromatic carbocycles. The zero-order chi connectivity index (χ0) is 22.3. The number of carbonyl (C=O) groups is 2. The molecule has 2 fully saturated rings. The van der Waals surface area contributed by atoms with E-state index in [1.807, 2.05) is 0 Å². The van der Waals surface area contributed by atoms with Crippen LogP contribution in [0, 0.1) is 5.92 Å². The van der Waals surface area contributed by atoms with E-state index in [0.717, 1.165) is 42.4 Å². The average Bonchev–Trinajstić information content (AvgIpc) is 2.94. The molecule has 0 aromatic heterocycles. The molecule has 0 bridgehead atoms. The number of aryl methyl sites for hydroxylation is 1. The number of nitrogens with one attached hydrogen (secondary N) is 2. The Hall–Kier alpha value is -2.04. The molecule has 166 valence electrons. The second-order valence-electron chi connectivity index (χ2n) is 11.3. The number of benzene rings is 1. The van der Waals surface area contributed by atoms with Gasteiger partial charge in [-0.2, -0.15) is 0 Å². The summed E-state index contributed by atoms with van der Waals surface area (Å²) in [6.45, 7) is 12.6. The fourth-order valence-corrected chi connectivity index (χ4v) is 5.09. The van der Waals surface area contributed by atoms with Gasteiger partial charge in [0.25, 0.3) is 5.91 Å². The number of imide groups is 1. The summed E-state index contributed by atoms with van der Waals surface area (Å²) in [6.07, 6.45) is 6.62. The fourth-order valence-electron chi connectivity index (χ4n) is 5.09. The van der Waals surface area contributed by atoms with Gasteiger partial charge in [0.05, 0.1) is 0 Å². The molecule has 1 saturated heterocycles. The predicted octanol–water partition coefficient (Wildman–Crippen LogP) is 5.08. The largest absolute Gasteiger partial charge is 0.507 e. The minimum atomic E-state index is -0.820. The van der Waals surface area contributed by atoms with Crippen LogP contribution >= 0.6 is 0 Å². The molecule has 3 rings (SSSR count). The number of rotatable bonds is 4. The van der Waals surface area contributed by atoms with Crippen LogP contribution in [0.15, 0.2) is 12.1 Å². The van der Waals surface area contributed by atoms with E-state index in [2.05, 4.69) is 64.3 Å². The Bertz CT molecular complexity index is 791. The maximum atomic E-state index is 12.9. The lowest BCUT2D eigenvalue weighted by Crippen LogP contribution is -2.54. The van der Waals surface area contributed by atoms with Gasteiger partial charge in [-0.1, -0.05) is 72.9 Å². The summed E-state index contributed by atoms with van der Waals surface area (Å²) >= 11 is 0. The molecular formula is C25H38N2O3. The smallest absolute Gasteiger partial charge is 0.322 e. The number of urea groups is 1. The number of phenolic OH excluding ortho intramolecular Hbond substituents is 1. The van der Waals surface area contributed by atoms with Crippen molar-refractivity contribution in [1.29, 1.82) is 0 Å². The topological polar surface area (TPSA) is 78.4 Å². The summed E-state index contributed by atoms with van der Waals surface area (Å²) in [4.78, 5) is 25.0. The van der Waals surface area contributed by atoms with E-state index in [1.54, 1.807) is 0 Å². The molecule has 1 aliphatic heterocycles. The summed E-state index contributed by atoms with van der Waals surface area (Å²) in [5.41, 5.74) is 1.75. The fraction of sp³-hybridized carbons (Fsp3) is 0.680. The second kappa shape index (κ2) is 7.90. The maximum Gasteiger partial charge on any atom is 0.322 e. The third kappa shape index (κ3) is 4.35. The zero-order valence-electron chi connectivity index (χ0n) is 19.4. The Morgan fingerprint density at radius 1 is 0.967 bits per heavy atom. The molecule has 1 heterocycles. The SMILES string of the molecule is CC(C)(C)c1cc(CCC2(C3CCCCC3)NC(=O)NC2=O)cc(C(C)(C)C)c1O. The zero-order valence-corrected chi connectivity index (χ0v) is 19.4. The van der Waals surface area contributed by atoms with Gasteiger partial charge in [-0.05, 0) is 59.1 Å². The van der Waals surface area contributed by atoms with Gasteiger partial charge in [-0.25, -0.2) is 4.79 Å². The van der Waals surface area contributed by atoms with Gasteiger partial charge < -0.3 is 10.4 Å². The third-order valence-corrected chi connectivity index (χ3v) is 6.86. The normalized spacial score (nSPS) is 23.4. The van der Waals surface area contributed by atoms with Gasteiger partial charge in [-0.3, -0.25) is 10.1 Å². The number of aromatic hydroxyl groups is 1. The Morgan fingerprint density at radius 3 is 1.93 bits per heavy atom. The Balaban J connectivity index is 1.96. The van der Waals surface area contributed by atoms with Gasteiger partial charge in [0.2, 0.25) is 0 Å². The highest BCUT2D eigenvalue weighted by molar-refractivity contribution is 6.07. The van der Waals surface area contributed by atoms with Crippen molar-refractivity contribution in [2.45, 2.75) is 103 Å². The van der Waals surface area contributed by atoms with Crippen LogP contribution in [0.4, 0.5) is 4.79 Å². The van der Waals surface area contributed by atoms with Crippen molar-refractivity contribution in [3.8, 4) is 5.75 Å². The standard InChI is InChI=1S/C25H38N2O3/c1-23(2,3)18-14-16(15-19(20(18)28)24(4,5)6)12-13-25(17-10-8-7-9-11-17)21(29)26-22(30)27-25/h14-15,17,28H,7-13H2,1-6H3,(H2,26,27,29,30). The van der Waals surface area contributed by atoms with Crippen molar-refractivity contribution in [3.63, 3.8) is 0 Å². The van der Waals surface area contributed by atoms with Crippen LogP contribution in [0.1, 0.15) is 96.8 Å². The minimum Gasteiger partial charge on any atom is -0.507 e. The van der Waals surface area contributed by atoms with Crippen molar-refractivity contribution in [3.05, 3.63) is 28.8 Å². The molecule has 5 nitrogen and oxygen atoms in total. The molecule has 1 aliphatic carbocycles. The van der Waals surface area contributed by atoms with E-state index >= 15 is 0 Å². The lowest BCUT2D eigenvalue weighted by atomic mass is 9.71. The molecule has 1 aromatic rings. The molecule has 3 N–H and O–H groups in total. The molecule has 1 unspecified atom stereocenters. The highest BCUT2D eigenvalue weighted by Crippen LogP contribution is 2.41. The number of hydrogen-bond acceptors (Lipinski definition) is 3. The summed E-state index contributed by atoms with van der Waals surface area (Å²) in [6, 6.07) is 3.78. The van der Waals surface area contributed by atoms with Gasteiger partial charge in [0.1, 0.15) is 11.3 Å². The molecule has 5 heteroatoms. The Labute approximate surface area is 181 Å². The van der Waals surface area contributed by atoms with Crippen LogP contribution in [-0.4, -0.2) is 22.6 Å². The molecule has 30 heavy (non-hydrogen) atoms. The number of carbonyl (C=O) groups excluding carboxylic acids is 2. The van der Waals surface area contributed by atoms with Crippen molar-refractivity contribution in [2.24, 2.45) is 5.92 Å². The summed E-state index contributed by atoms with van der Waals surface area (Å²) in [7, 11) is 0. The Kier molecular flexibility index (Phi) is 5.96. The van der Waals surface area contributed by atoms with E-state index in [0.29, 0.717) is 18.6 Å². The summed E-state index contributed by atoms with van der Waals surface area (Å²) in [5, 5.41) is 16.5. The van der Waals surface area contributed by atoms with Crippen molar-refractivity contribution < 1.29 is 14.7 Å². The minimum absolute atomic E-state index is 0.176. The third-order valence-electron chi connectivity index (χ3n) is 6.86. The molecule has 1 atom stereocenters. The highest BCUT2D eigenvalue weighted by atomic mass is 16.3. The first-order valence-electron chi connectivity index (χ1n) is 11.3. The van der Waals surface area contributed by atoms with Crippen LogP contribution in [0.2, 0.25) is 0 Å². The van der Waals surface area contributed by atoms with E-state index in [1.165, 1.54) is 6.42 Å². The molecule has 0 spiro atoms. The number of hydrogen-bond donors (Lipinski definition) is 3. The van der Waals surface area contributed by atoms with Gasteiger partial charge >= 0.3 is 6.03 Å². The molecule has 2 aliphatic rings. The lowest BCUT2D eigenvalue weighted by Gasteiger charge is -2.37. The van der Waals surface area contributed by atoms with Crippen LogP contribution < -0.4 is 10.6 Å². The first-order valence-corrected chi connectivity index (χ1v) is 11.3. The van der Waals surface area contributed by atoms with Gasteiger partial charge in [-0.15, -0.1) is 0 Å². The van der Waals surface area contributed by atoms with Gasteiger partial charge in [0, 0.05) is 0 Å². The van der Waals surface area contributed by atoms with Crippen LogP contribution in [0.25, 0.3) is 0 Å². The van der Waals surface area contributed by atoms with E-state index < -0.39 is 5.54 Å². The lowest BCUT2D eigenvalue weighted by molar-refractivity contribution is -0.126. The van der Waals surface area contributed by atoms with Crippen molar-refractivity contribution in [1.82, 2.24) is 10.6 Å². The number of amides is 3. The molecule has 3 amide bonds. The maximum absolute atomic E-state index is 12.9. The van der Waals surface area contributed by atoms with E-state index in [4.69, 9.17) is 0 Å². The first kappa shape index (κ1) is 22.6. The summed E-state index contributed by atoms with van der Waals surface area (Å²) in [5.74, 6) is 0.372. The predicted molar refractivity (Wildman–Crippen MR) is 120 cm³/mol. The highest BCUT2D eigenvalue weighted by Gasteiger charge is 2.51. The van der Waals surface area contributed by atoms with Gasteiger partial charge in [0.15, 0.2) is 0 Å². The first-order chi connectivity index (χ1) is 13.8. The number of phenols is 1. The Morgan fingerprint density at radius 2 is 1.50 bits per heavy atom. The monoisotopic (exact) mass is 414 g/mol. The van der Waals surface area contributed by atoms with Crippen LogP contribution in [-0.2, 0) is 22.0 Å². The van der Waals surface area contributed by atoms with Crippen molar-refractivity contribution >= 4 is 11.9 Å². The molecular weight excluding hydrogens is 376 g/mol. The molecule has 1 saturated carbocycles. The van der Waals surface area contributed by atoms with E-state index in [-0.39, 0.29) is 28.7 Å². The second-order valence-corrected chi connectivity index (χ2v) is 11.3. The van der Waals surface area contributed by atoms with Crippen LogP contribution in [0.5, 0.6) is 5.75 Å². The van der Waals surface area contributed by atoms with E-state index in [9.17, 15) is 14.7 Å². The van der Waals surface area contributed by atoms with Crippen LogP contribution in [0.3, 0.4) is 0 Å². The average molecular weight is 415 g/mol. The van der Waals surface area contributed by atoms with Crippen molar-refractivity contribution in [2.75, 3.05) is 0 Å².